The third-order valence-electron chi connectivity index (χ3n) is 3.63. The molecule has 0 saturated heterocycles. The molecule has 0 unspecified atom stereocenters. The minimum absolute atomic E-state index is 0.627. The van der Waals surface area contributed by atoms with Crippen molar-refractivity contribution in [2.75, 3.05) is 5.73 Å². The van der Waals surface area contributed by atoms with Gasteiger partial charge < -0.3 is 5.73 Å². The van der Waals surface area contributed by atoms with E-state index in [1.807, 2.05) is 31.3 Å². The number of hydrogen-bond donors (Lipinski definition) is 1. The van der Waals surface area contributed by atoms with Crippen LogP contribution in [0.25, 0.3) is 21.7 Å². The Morgan fingerprint density at radius 2 is 1.95 bits per heavy atom. The molecule has 3 rings (SSSR count). The second kappa shape index (κ2) is 5.20. The maximum Gasteiger partial charge on any atom is 0.130 e. The first kappa shape index (κ1) is 14.2. The third kappa shape index (κ3) is 2.34. The molecule has 0 fully saturated rings. The normalized spacial score (nSPS) is 11.0. The minimum atomic E-state index is 0.627. The van der Waals surface area contributed by atoms with Crippen LogP contribution in [-0.2, 0) is 7.05 Å². The van der Waals surface area contributed by atoms with Crippen molar-refractivity contribution in [3.63, 3.8) is 0 Å². The number of rotatable bonds is 2. The predicted molar refractivity (Wildman–Crippen MR) is 90.9 cm³/mol. The summed E-state index contributed by atoms with van der Waals surface area (Å²) >= 11 is 8.08. The van der Waals surface area contributed by atoms with E-state index >= 15 is 0 Å². The average Bonchev–Trinajstić information content (AvgIpc) is 2.93. The van der Waals surface area contributed by atoms with Crippen molar-refractivity contribution in [2.24, 2.45) is 7.05 Å². The molecule has 2 aromatic heterocycles. The molecule has 0 saturated carbocycles. The zero-order valence-corrected chi connectivity index (χ0v) is 13.7. The lowest BCUT2D eigenvalue weighted by molar-refractivity contribution is 0.783. The van der Waals surface area contributed by atoms with E-state index in [1.165, 1.54) is 10.4 Å². The number of hydrogen-bond acceptors (Lipinski definition) is 3. The summed E-state index contributed by atoms with van der Waals surface area (Å²) in [5, 5.41) is 5.28. The van der Waals surface area contributed by atoms with Gasteiger partial charge in [-0.25, -0.2) is 0 Å². The summed E-state index contributed by atoms with van der Waals surface area (Å²) in [7, 11) is 1.85. The molecule has 0 atom stereocenters. The monoisotopic (exact) mass is 317 g/mol. The molecule has 5 heteroatoms. The molecule has 0 spiro atoms. The smallest absolute Gasteiger partial charge is 0.130 e. The maximum absolute atomic E-state index is 6.35. The number of halogens is 1. The third-order valence-corrected chi connectivity index (χ3v) is 5.12. The highest BCUT2D eigenvalue weighted by Gasteiger charge is 2.20. The number of nitrogen functional groups attached to an aromatic ring is 1. The molecule has 0 bridgehead atoms. The highest BCUT2D eigenvalue weighted by molar-refractivity contribution is 7.15. The van der Waals surface area contributed by atoms with Crippen LogP contribution in [-0.4, -0.2) is 9.78 Å². The number of anilines is 1. The van der Waals surface area contributed by atoms with Gasteiger partial charge in [0.25, 0.3) is 0 Å². The molecule has 2 N–H and O–H groups in total. The molecular weight excluding hydrogens is 302 g/mol. The molecule has 0 aliphatic heterocycles. The quantitative estimate of drug-likeness (QED) is 0.746. The number of benzene rings is 1. The molecule has 0 amide bonds. The summed E-state index contributed by atoms with van der Waals surface area (Å²) < 4.78 is 1.71. The van der Waals surface area contributed by atoms with Crippen molar-refractivity contribution in [2.45, 2.75) is 13.8 Å². The van der Waals surface area contributed by atoms with Gasteiger partial charge in [0.2, 0.25) is 0 Å². The molecule has 0 aliphatic rings. The molecule has 0 radical (unpaired) electrons. The van der Waals surface area contributed by atoms with Gasteiger partial charge in [0, 0.05) is 22.5 Å². The Hall–Kier alpha value is -1.78. The van der Waals surface area contributed by atoms with E-state index in [2.05, 4.69) is 25.0 Å². The lowest BCUT2D eigenvalue weighted by atomic mass is 10.0. The first-order valence-electron chi connectivity index (χ1n) is 6.64. The van der Waals surface area contributed by atoms with Gasteiger partial charge in [-0.3, -0.25) is 4.68 Å². The summed E-state index contributed by atoms with van der Waals surface area (Å²) in [6.45, 7) is 4.22. The molecular formula is C16H16ClN3S. The molecule has 3 aromatic rings. The molecule has 1 aromatic carbocycles. The molecule has 0 aliphatic carbocycles. The number of thiophene rings is 1. The topological polar surface area (TPSA) is 43.8 Å². The van der Waals surface area contributed by atoms with E-state index in [9.17, 15) is 0 Å². The SMILES string of the molecule is Cc1cc(-c2nn(C)c(N)c2-c2ccccc2Cl)sc1C. The van der Waals surface area contributed by atoms with Crippen molar-refractivity contribution in [1.29, 1.82) is 0 Å². The Labute approximate surface area is 133 Å². The Morgan fingerprint density at radius 1 is 1.24 bits per heavy atom. The van der Waals surface area contributed by atoms with Crippen LogP contribution in [0, 0.1) is 13.8 Å². The van der Waals surface area contributed by atoms with E-state index < -0.39 is 0 Å². The Morgan fingerprint density at radius 3 is 2.57 bits per heavy atom. The summed E-state index contributed by atoms with van der Waals surface area (Å²) in [5.41, 5.74) is 10.2. The molecule has 2 heterocycles. The largest absolute Gasteiger partial charge is 0.383 e. The van der Waals surface area contributed by atoms with E-state index in [4.69, 9.17) is 17.3 Å². The zero-order valence-electron chi connectivity index (χ0n) is 12.1. The van der Waals surface area contributed by atoms with Crippen LogP contribution in [0.3, 0.4) is 0 Å². The van der Waals surface area contributed by atoms with Crippen LogP contribution in [0.4, 0.5) is 5.82 Å². The first-order chi connectivity index (χ1) is 9.99. The average molecular weight is 318 g/mol. The second-order valence-corrected chi connectivity index (χ2v) is 6.73. The van der Waals surface area contributed by atoms with Gasteiger partial charge in [0.05, 0.1) is 10.4 Å². The van der Waals surface area contributed by atoms with Gasteiger partial charge in [-0.1, -0.05) is 29.8 Å². The van der Waals surface area contributed by atoms with Crippen molar-refractivity contribution in [3.05, 3.63) is 45.8 Å². The van der Waals surface area contributed by atoms with Crippen LogP contribution >= 0.6 is 22.9 Å². The number of nitrogens with two attached hydrogens (primary N) is 1. The second-order valence-electron chi connectivity index (χ2n) is 5.06. The Balaban J connectivity index is 2.28. The molecule has 21 heavy (non-hydrogen) atoms. The van der Waals surface area contributed by atoms with Crippen LogP contribution in [0.5, 0.6) is 0 Å². The molecule has 3 nitrogen and oxygen atoms in total. The Bertz CT molecular complexity index is 798. The van der Waals surface area contributed by atoms with Gasteiger partial charge in [-0.05, 0) is 31.5 Å². The van der Waals surface area contributed by atoms with Crippen molar-refractivity contribution >= 4 is 28.8 Å². The van der Waals surface area contributed by atoms with E-state index in [1.54, 1.807) is 16.0 Å². The van der Waals surface area contributed by atoms with Gasteiger partial charge in [0.15, 0.2) is 0 Å². The van der Waals surface area contributed by atoms with E-state index in [0.29, 0.717) is 10.8 Å². The van der Waals surface area contributed by atoms with Crippen molar-refractivity contribution in [1.82, 2.24) is 9.78 Å². The highest BCUT2D eigenvalue weighted by Crippen LogP contribution is 2.41. The number of aromatic nitrogens is 2. The standard InChI is InChI=1S/C16H16ClN3S/c1-9-8-13(21-10(9)2)15-14(16(18)20(3)19-15)11-6-4-5-7-12(11)17/h4-8H,18H2,1-3H3. The van der Waals surface area contributed by atoms with Crippen molar-refractivity contribution < 1.29 is 0 Å². The van der Waals surface area contributed by atoms with E-state index in [0.717, 1.165) is 21.7 Å². The fourth-order valence-corrected chi connectivity index (χ4v) is 3.58. The summed E-state index contributed by atoms with van der Waals surface area (Å²) in [6, 6.07) is 9.88. The fourth-order valence-electron chi connectivity index (χ4n) is 2.33. The van der Waals surface area contributed by atoms with Crippen molar-refractivity contribution in [3.8, 4) is 21.7 Å². The zero-order chi connectivity index (χ0) is 15.1. The molecule has 108 valence electrons. The highest BCUT2D eigenvalue weighted by atomic mass is 35.5. The first-order valence-corrected chi connectivity index (χ1v) is 7.83. The predicted octanol–water partition coefficient (Wildman–Crippen LogP) is 4.67. The summed E-state index contributed by atoms with van der Waals surface area (Å²) in [6.07, 6.45) is 0. The Kier molecular flexibility index (Phi) is 3.51. The van der Waals surface area contributed by atoms with Gasteiger partial charge >= 0.3 is 0 Å². The van der Waals surface area contributed by atoms with Gasteiger partial charge in [0.1, 0.15) is 11.5 Å². The van der Waals surface area contributed by atoms with Crippen LogP contribution < -0.4 is 5.73 Å². The lowest BCUT2D eigenvalue weighted by Gasteiger charge is -2.05. The van der Waals surface area contributed by atoms with E-state index in [-0.39, 0.29) is 0 Å². The maximum atomic E-state index is 6.35. The van der Waals surface area contributed by atoms with Gasteiger partial charge in [-0.2, -0.15) is 5.10 Å². The summed E-state index contributed by atoms with van der Waals surface area (Å²) in [5.74, 6) is 0.627. The number of aryl methyl sites for hydroxylation is 3. The fraction of sp³-hybridized carbons (Fsp3) is 0.188. The van der Waals surface area contributed by atoms with Crippen LogP contribution in [0.1, 0.15) is 10.4 Å². The van der Waals surface area contributed by atoms with Gasteiger partial charge in [-0.15, -0.1) is 11.3 Å². The lowest BCUT2D eigenvalue weighted by Crippen LogP contribution is -1.98. The number of nitrogens with zero attached hydrogens (tertiary/aromatic N) is 2. The minimum Gasteiger partial charge on any atom is -0.383 e. The van der Waals surface area contributed by atoms with Crippen LogP contribution in [0.2, 0.25) is 5.02 Å². The van der Waals surface area contributed by atoms with Crippen LogP contribution in [0.15, 0.2) is 30.3 Å². The summed E-state index contributed by atoms with van der Waals surface area (Å²) in [4.78, 5) is 2.41.